The number of ether oxygens (including phenoxy) is 1. The minimum atomic E-state index is 0.102. The van der Waals surface area contributed by atoms with Crippen molar-refractivity contribution in [1.29, 1.82) is 0 Å². The molecule has 4 heterocycles. The maximum absolute atomic E-state index is 11.5. The molecular weight excluding hydrogens is 661 g/mol. The first kappa shape index (κ1) is 33.0. The Labute approximate surface area is 294 Å². The van der Waals surface area contributed by atoms with Crippen molar-refractivity contribution in [2.45, 2.75) is 50.9 Å². The summed E-state index contributed by atoms with van der Waals surface area (Å²) in [7, 11) is 1.60. The summed E-state index contributed by atoms with van der Waals surface area (Å²) in [6.45, 7) is 2.50. The molecule has 2 aliphatic rings. The van der Waals surface area contributed by atoms with Crippen molar-refractivity contribution in [2.75, 3.05) is 20.2 Å². The van der Waals surface area contributed by atoms with Gasteiger partial charge in [0.15, 0.2) is 0 Å². The highest BCUT2D eigenvalue weighted by atomic mass is 35.5. The number of nitrogens with zero attached hydrogens (tertiary/aromatic N) is 2. The fraction of sp³-hybridized carbons (Fsp3) is 0.297. The zero-order chi connectivity index (χ0) is 33.9. The molecule has 2 amide bonds. The van der Waals surface area contributed by atoms with E-state index < -0.39 is 0 Å². The minimum Gasteiger partial charge on any atom is -0.481 e. The summed E-state index contributed by atoms with van der Waals surface area (Å²) in [4.78, 5) is 27.9. The highest BCUT2D eigenvalue weighted by Gasteiger charge is 2.22. The van der Waals surface area contributed by atoms with E-state index in [-0.39, 0.29) is 23.9 Å². The summed E-state index contributed by atoms with van der Waals surface area (Å²) in [5.74, 6) is 0.721. The van der Waals surface area contributed by atoms with Gasteiger partial charge in [0.25, 0.3) is 0 Å². The first-order chi connectivity index (χ1) is 23.9. The number of fused-ring (bicyclic) bond motifs is 1. The third kappa shape index (κ3) is 7.14. The molecule has 3 aromatic carbocycles. The largest absolute Gasteiger partial charge is 0.481 e. The van der Waals surface area contributed by atoms with E-state index in [0.717, 1.165) is 62.8 Å². The zero-order valence-electron chi connectivity index (χ0n) is 27.0. The molecule has 2 fully saturated rings. The summed E-state index contributed by atoms with van der Waals surface area (Å²) >= 11 is 14.3. The molecule has 252 valence electrons. The van der Waals surface area contributed by atoms with Crippen molar-refractivity contribution in [3.05, 3.63) is 88.0 Å². The number of carbonyl (C=O) groups excluding carboxylic acids is 2. The number of benzene rings is 3. The average Bonchev–Trinajstić information content (AvgIpc) is 3.84. The van der Waals surface area contributed by atoms with Crippen molar-refractivity contribution in [1.82, 2.24) is 36.4 Å². The van der Waals surface area contributed by atoms with Gasteiger partial charge < -0.3 is 26.0 Å². The molecule has 2 aromatic heterocycles. The molecule has 0 aliphatic carbocycles. The van der Waals surface area contributed by atoms with Crippen molar-refractivity contribution >= 4 is 45.9 Å². The van der Waals surface area contributed by atoms with Crippen molar-refractivity contribution in [3.63, 3.8) is 0 Å². The topological polar surface area (TPSA) is 133 Å². The number of nitrogens with one attached hydrogen (secondary N) is 5. The molecule has 0 radical (unpaired) electrons. The van der Waals surface area contributed by atoms with Gasteiger partial charge in [-0.25, -0.2) is 4.98 Å². The van der Waals surface area contributed by atoms with Gasteiger partial charge in [-0.3, -0.25) is 14.7 Å². The highest BCUT2D eigenvalue weighted by Crippen LogP contribution is 2.42. The lowest BCUT2D eigenvalue weighted by Crippen LogP contribution is -2.35. The smallest absolute Gasteiger partial charge is 0.220 e. The van der Waals surface area contributed by atoms with Crippen LogP contribution in [0.25, 0.3) is 44.4 Å². The maximum atomic E-state index is 11.5. The van der Waals surface area contributed by atoms with E-state index in [1.54, 1.807) is 7.11 Å². The molecule has 2 unspecified atom stereocenters. The number of methoxy groups -OCH3 is 1. The zero-order valence-corrected chi connectivity index (χ0v) is 28.5. The molecule has 0 saturated carbocycles. The molecule has 12 heteroatoms. The molecule has 0 spiro atoms. The predicted octanol–water partition coefficient (Wildman–Crippen LogP) is 6.01. The number of pyridine rings is 1. The van der Waals surface area contributed by atoms with Crippen LogP contribution in [0.5, 0.6) is 5.88 Å². The standard InChI is InChI=1S/C37H37Cl2N7O3/c1-49-37-22(17-40-18-23-10-14-33(47)42-23)9-12-30(44-37)28-7-3-6-27(36(28)39)26-5-2-4-25(35(26)38)21-8-13-31-29(16-21)32(46-45-31)20-41-19-24-11-15-34(48)43-24/h2-9,12-13,16,23-24,40-41H,10-11,14-15,17-20H2,1H3,(H,42,47)(H,43,48)(H,45,46). The molecule has 5 N–H and O–H groups in total. The summed E-state index contributed by atoms with van der Waals surface area (Å²) in [6, 6.07) is 22.2. The summed E-state index contributed by atoms with van der Waals surface area (Å²) in [6.07, 6.45) is 2.84. The van der Waals surface area contributed by atoms with E-state index in [9.17, 15) is 9.59 Å². The Morgan fingerprint density at radius 3 is 2.08 bits per heavy atom. The number of carbonyl (C=O) groups is 2. The van der Waals surface area contributed by atoms with Crippen molar-refractivity contribution in [2.24, 2.45) is 0 Å². The SMILES string of the molecule is COc1nc(-c2cccc(-c3cccc(-c4ccc5[nH]nc(CNCC6CCC(=O)N6)c5c4)c3Cl)c2Cl)ccc1CNCC1CCC(=O)N1. The first-order valence-corrected chi connectivity index (χ1v) is 17.2. The van der Waals surface area contributed by atoms with E-state index in [1.165, 1.54) is 0 Å². The Hall–Kier alpha value is -4.48. The van der Waals surface area contributed by atoms with Crippen LogP contribution in [0.1, 0.15) is 36.9 Å². The van der Waals surface area contributed by atoms with Gasteiger partial charge in [0.2, 0.25) is 17.7 Å². The van der Waals surface area contributed by atoms with Gasteiger partial charge >= 0.3 is 0 Å². The van der Waals surface area contributed by atoms with Crippen LogP contribution in [0.15, 0.2) is 66.7 Å². The summed E-state index contributed by atoms with van der Waals surface area (Å²) in [5, 5.41) is 22.6. The predicted molar refractivity (Wildman–Crippen MR) is 193 cm³/mol. The van der Waals surface area contributed by atoms with E-state index in [4.69, 9.17) is 32.9 Å². The van der Waals surface area contributed by atoms with Gasteiger partial charge in [-0.05, 0) is 36.6 Å². The number of H-pyrrole nitrogens is 1. The van der Waals surface area contributed by atoms with Crippen LogP contribution in [-0.2, 0) is 22.7 Å². The lowest BCUT2D eigenvalue weighted by atomic mass is 9.96. The Bertz CT molecular complexity index is 2030. The number of hydrogen-bond donors (Lipinski definition) is 5. The second-order valence-electron chi connectivity index (χ2n) is 12.5. The molecule has 2 aliphatic heterocycles. The van der Waals surface area contributed by atoms with Gasteiger partial charge in [0.05, 0.1) is 34.1 Å². The molecule has 49 heavy (non-hydrogen) atoms. The molecular formula is C37H37Cl2N7O3. The van der Waals surface area contributed by atoms with Crippen LogP contribution in [-0.4, -0.2) is 59.3 Å². The number of halogens is 2. The summed E-state index contributed by atoms with van der Waals surface area (Å²) < 4.78 is 5.66. The van der Waals surface area contributed by atoms with Crippen molar-refractivity contribution < 1.29 is 14.3 Å². The number of aromatic amines is 1. The van der Waals surface area contributed by atoms with Gasteiger partial charge in [-0.15, -0.1) is 0 Å². The molecule has 7 rings (SSSR count). The molecule has 5 aromatic rings. The van der Waals surface area contributed by atoms with Crippen LogP contribution in [0, 0.1) is 0 Å². The third-order valence-corrected chi connectivity index (χ3v) is 10.0. The lowest BCUT2D eigenvalue weighted by Gasteiger charge is -2.16. The van der Waals surface area contributed by atoms with E-state index in [1.807, 2.05) is 60.7 Å². The van der Waals surface area contributed by atoms with E-state index >= 15 is 0 Å². The van der Waals surface area contributed by atoms with E-state index in [2.05, 4.69) is 37.5 Å². The Kier molecular flexibility index (Phi) is 9.81. The van der Waals surface area contributed by atoms with Crippen LogP contribution in [0.4, 0.5) is 0 Å². The van der Waals surface area contributed by atoms with Crippen LogP contribution in [0.3, 0.4) is 0 Å². The molecule has 0 bridgehead atoms. The highest BCUT2D eigenvalue weighted by molar-refractivity contribution is 6.39. The normalized spacial score (nSPS) is 17.4. The number of amides is 2. The third-order valence-electron chi connectivity index (χ3n) is 9.21. The van der Waals surface area contributed by atoms with Gasteiger partial charge in [0, 0.05) is 84.3 Å². The monoisotopic (exact) mass is 697 g/mol. The fourth-order valence-electron chi connectivity index (χ4n) is 6.61. The van der Waals surface area contributed by atoms with Crippen molar-refractivity contribution in [3.8, 4) is 39.4 Å². The molecule has 10 nitrogen and oxygen atoms in total. The van der Waals surface area contributed by atoms with Crippen LogP contribution >= 0.6 is 23.2 Å². The Morgan fingerprint density at radius 2 is 1.43 bits per heavy atom. The van der Waals surface area contributed by atoms with Crippen LogP contribution in [0.2, 0.25) is 10.0 Å². The number of hydrogen-bond acceptors (Lipinski definition) is 7. The van der Waals surface area contributed by atoms with E-state index in [0.29, 0.717) is 60.6 Å². The fourth-order valence-corrected chi connectivity index (χ4v) is 7.27. The van der Waals surface area contributed by atoms with Crippen LogP contribution < -0.4 is 26.0 Å². The minimum absolute atomic E-state index is 0.102. The van der Waals surface area contributed by atoms with Gasteiger partial charge in [-0.1, -0.05) is 71.7 Å². The number of aromatic nitrogens is 3. The second kappa shape index (κ2) is 14.6. The lowest BCUT2D eigenvalue weighted by molar-refractivity contribution is -0.120. The second-order valence-corrected chi connectivity index (χ2v) is 13.3. The van der Waals surface area contributed by atoms with Gasteiger partial charge in [-0.2, -0.15) is 5.10 Å². The summed E-state index contributed by atoms with van der Waals surface area (Å²) in [5.41, 5.74) is 7.64. The quantitative estimate of drug-likeness (QED) is 0.108. The first-order valence-electron chi connectivity index (χ1n) is 16.5. The molecule has 2 saturated heterocycles. The number of rotatable bonds is 12. The van der Waals surface area contributed by atoms with Gasteiger partial charge in [0.1, 0.15) is 0 Å². The Morgan fingerprint density at radius 1 is 0.796 bits per heavy atom. The molecule has 2 atom stereocenters. The average molecular weight is 699 g/mol. The maximum Gasteiger partial charge on any atom is 0.220 e. The Balaban J connectivity index is 1.11.